The number of nitrogens with two attached hydrogens (primary N) is 1. The number of hydrogen-bond donors (Lipinski definition) is 1. The van der Waals surface area contributed by atoms with E-state index in [1.165, 1.54) is 18.3 Å². The van der Waals surface area contributed by atoms with Gasteiger partial charge in [-0.3, -0.25) is 4.21 Å². The zero-order chi connectivity index (χ0) is 19.6. The number of halogens is 3. The number of aromatic nitrogens is 2. The first-order valence-electron chi connectivity index (χ1n) is 7.69. The number of benzene rings is 2. The lowest BCUT2D eigenvalue weighted by Crippen LogP contribution is -2.04. The van der Waals surface area contributed by atoms with Gasteiger partial charge in [0.25, 0.3) is 0 Å². The summed E-state index contributed by atoms with van der Waals surface area (Å²) in [7, 11) is 0. The number of alkyl halides is 3. The quantitative estimate of drug-likeness (QED) is 0.682. The molecule has 140 valence electrons. The third kappa shape index (κ3) is 4.50. The first kappa shape index (κ1) is 19.0. The molecule has 0 aliphatic heterocycles. The molecule has 2 N–H and O–H groups in total. The van der Waals surface area contributed by atoms with Crippen LogP contribution in [0.3, 0.4) is 0 Å². The highest BCUT2D eigenvalue weighted by atomic mass is 32.2. The van der Waals surface area contributed by atoms with Crippen LogP contribution >= 0.6 is 0 Å². The summed E-state index contributed by atoms with van der Waals surface area (Å²) in [4.78, 5) is 8.47. The molecule has 0 aliphatic rings. The molecule has 1 atom stereocenters. The first-order valence-corrected chi connectivity index (χ1v) is 8.94. The van der Waals surface area contributed by atoms with Gasteiger partial charge in [0.1, 0.15) is 11.5 Å². The maximum atomic E-state index is 12.7. The average molecular weight is 392 g/mol. The van der Waals surface area contributed by atoms with Crippen molar-refractivity contribution in [1.82, 2.24) is 9.97 Å². The second-order valence-corrected chi connectivity index (χ2v) is 6.61. The molecule has 0 aliphatic carbocycles. The molecule has 0 bridgehead atoms. The van der Waals surface area contributed by atoms with Gasteiger partial charge in [0.15, 0.2) is 0 Å². The van der Waals surface area contributed by atoms with Crippen LogP contribution in [0, 0.1) is 0 Å². The van der Waals surface area contributed by atoms with Crippen molar-refractivity contribution in [2.24, 2.45) is 0 Å². The zero-order valence-electron chi connectivity index (χ0n) is 13.7. The molecule has 0 fully saturated rings. The topological polar surface area (TPSA) is 91.9 Å². The molecule has 5 nitrogen and oxygen atoms in total. The fraction of sp³-hybridized carbons (Fsp3) is 0.111. The zero-order valence-corrected chi connectivity index (χ0v) is 14.6. The Morgan fingerprint density at radius 2 is 1.59 bits per heavy atom. The van der Waals surface area contributed by atoms with Crippen LogP contribution in [0.2, 0.25) is 0 Å². The van der Waals surface area contributed by atoms with Gasteiger partial charge in [-0.1, -0.05) is 47.5 Å². The number of anilines is 1. The maximum absolute atomic E-state index is 12.7. The molecule has 0 spiro atoms. The van der Waals surface area contributed by atoms with Crippen molar-refractivity contribution in [1.29, 1.82) is 0 Å². The van der Waals surface area contributed by atoms with E-state index in [1.807, 2.05) is 0 Å². The largest absolute Gasteiger partial charge is 0.772 e. The summed E-state index contributed by atoms with van der Waals surface area (Å²) in [5, 5.41) is 0. The third-order valence-corrected chi connectivity index (χ3v) is 4.39. The Kier molecular flexibility index (Phi) is 5.24. The SMILES string of the molecule is Nc1ncc(-c2ccc(CS(=O)[O-])cc2)nc1-c1ccc(C(F)(F)F)cc1. The Morgan fingerprint density at radius 1 is 1.00 bits per heavy atom. The molecule has 1 heterocycles. The Balaban J connectivity index is 1.94. The van der Waals surface area contributed by atoms with Gasteiger partial charge in [-0.05, 0) is 17.7 Å². The highest BCUT2D eigenvalue weighted by Gasteiger charge is 2.30. The van der Waals surface area contributed by atoms with Crippen molar-refractivity contribution in [3.8, 4) is 22.5 Å². The second kappa shape index (κ2) is 7.45. The summed E-state index contributed by atoms with van der Waals surface area (Å²) in [6.07, 6.45) is -2.98. The van der Waals surface area contributed by atoms with E-state index < -0.39 is 22.8 Å². The van der Waals surface area contributed by atoms with E-state index in [4.69, 9.17) is 5.73 Å². The lowest BCUT2D eigenvalue weighted by atomic mass is 10.1. The highest BCUT2D eigenvalue weighted by molar-refractivity contribution is 7.78. The minimum Gasteiger partial charge on any atom is -0.772 e. The minimum atomic E-state index is -4.42. The summed E-state index contributed by atoms with van der Waals surface area (Å²) in [6.45, 7) is 0. The standard InChI is InChI=1S/C18H14F3N3O2S/c19-18(20,21)14-7-5-13(6-8-14)16-17(22)23-9-15(24-16)12-3-1-11(2-4-12)10-27(25)26/h1-9H,10H2,(H2,22,23)(H,25,26)/p-1. The Labute approximate surface area is 155 Å². The van der Waals surface area contributed by atoms with Gasteiger partial charge in [-0.15, -0.1) is 0 Å². The van der Waals surface area contributed by atoms with E-state index in [-0.39, 0.29) is 17.3 Å². The molecular weight excluding hydrogens is 379 g/mol. The smallest absolute Gasteiger partial charge is 0.416 e. The van der Waals surface area contributed by atoms with Crippen molar-refractivity contribution < 1.29 is 21.9 Å². The average Bonchev–Trinajstić information content (AvgIpc) is 2.62. The molecule has 1 unspecified atom stereocenters. The van der Waals surface area contributed by atoms with Crippen molar-refractivity contribution in [2.45, 2.75) is 11.9 Å². The molecule has 1 aromatic heterocycles. The van der Waals surface area contributed by atoms with Crippen LogP contribution in [0.25, 0.3) is 22.5 Å². The van der Waals surface area contributed by atoms with E-state index in [9.17, 15) is 21.9 Å². The molecule has 0 saturated carbocycles. The number of nitrogen functional groups attached to an aromatic ring is 1. The monoisotopic (exact) mass is 392 g/mol. The lowest BCUT2D eigenvalue weighted by molar-refractivity contribution is -0.137. The van der Waals surface area contributed by atoms with Crippen molar-refractivity contribution in [2.75, 3.05) is 5.73 Å². The van der Waals surface area contributed by atoms with Crippen LogP contribution in [0.4, 0.5) is 19.0 Å². The van der Waals surface area contributed by atoms with E-state index in [0.717, 1.165) is 12.1 Å². The number of hydrogen-bond acceptors (Lipinski definition) is 5. The Morgan fingerprint density at radius 3 is 2.15 bits per heavy atom. The van der Waals surface area contributed by atoms with Gasteiger partial charge < -0.3 is 10.3 Å². The van der Waals surface area contributed by atoms with Crippen LogP contribution < -0.4 is 5.73 Å². The summed E-state index contributed by atoms with van der Waals surface area (Å²) in [5.41, 5.74) is 7.52. The van der Waals surface area contributed by atoms with Gasteiger partial charge in [-0.25, -0.2) is 9.97 Å². The molecule has 2 aromatic carbocycles. The summed E-state index contributed by atoms with van der Waals surface area (Å²) >= 11 is -2.18. The molecule has 3 aromatic rings. The molecule has 0 amide bonds. The fourth-order valence-electron chi connectivity index (χ4n) is 2.47. The molecule has 0 radical (unpaired) electrons. The predicted molar refractivity (Wildman–Crippen MR) is 94.9 cm³/mol. The van der Waals surface area contributed by atoms with Gasteiger partial charge in [0.2, 0.25) is 0 Å². The van der Waals surface area contributed by atoms with E-state index in [0.29, 0.717) is 22.4 Å². The van der Waals surface area contributed by atoms with E-state index >= 15 is 0 Å². The number of nitrogens with zero attached hydrogens (tertiary/aromatic N) is 2. The van der Waals surface area contributed by atoms with E-state index in [1.54, 1.807) is 24.3 Å². The molecule has 0 saturated heterocycles. The number of rotatable bonds is 4. The van der Waals surface area contributed by atoms with Crippen molar-refractivity contribution >= 4 is 16.9 Å². The van der Waals surface area contributed by atoms with Gasteiger partial charge in [-0.2, -0.15) is 13.2 Å². The van der Waals surface area contributed by atoms with Crippen molar-refractivity contribution in [3.63, 3.8) is 0 Å². The van der Waals surface area contributed by atoms with Crippen LogP contribution in [0.15, 0.2) is 54.7 Å². The molecular formula is C18H13F3N3O2S-. The van der Waals surface area contributed by atoms with Gasteiger partial charge in [0.05, 0.1) is 17.5 Å². The van der Waals surface area contributed by atoms with E-state index in [2.05, 4.69) is 9.97 Å². The summed E-state index contributed by atoms with van der Waals surface area (Å²) < 4.78 is 59.6. The van der Waals surface area contributed by atoms with Gasteiger partial charge in [0, 0.05) is 16.9 Å². The molecule has 9 heteroatoms. The van der Waals surface area contributed by atoms with Crippen LogP contribution in [0.1, 0.15) is 11.1 Å². The Bertz CT molecular complexity index is 975. The lowest BCUT2D eigenvalue weighted by Gasteiger charge is -2.10. The van der Waals surface area contributed by atoms with Crippen LogP contribution in [0.5, 0.6) is 0 Å². The molecule has 3 rings (SSSR count). The van der Waals surface area contributed by atoms with Crippen LogP contribution in [-0.4, -0.2) is 18.7 Å². The Hall–Kier alpha value is -2.78. The summed E-state index contributed by atoms with van der Waals surface area (Å²) in [6, 6.07) is 11.2. The maximum Gasteiger partial charge on any atom is 0.416 e. The minimum absolute atomic E-state index is 0.0928. The highest BCUT2D eigenvalue weighted by Crippen LogP contribution is 2.32. The van der Waals surface area contributed by atoms with Crippen molar-refractivity contribution in [3.05, 3.63) is 65.9 Å². The normalized spacial score (nSPS) is 12.7. The third-order valence-electron chi connectivity index (χ3n) is 3.82. The summed E-state index contributed by atoms with van der Waals surface area (Å²) in [5.74, 6) is 0.00158. The first-order chi connectivity index (χ1) is 12.7. The second-order valence-electron chi connectivity index (χ2n) is 5.71. The molecule has 27 heavy (non-hydrogen) atoms. The van der Waals surface area contributed by atoms with Crippen LogP contribution in [-0.2, 0) is 23.0 Å². The predicted octanol–water partition coefficient (Wildman–Crippen LogP) is 3.79. The fourth-order valence-corrected chi connectivity index (χ4v) is 2.94. The van der Waals surface area contributed by atoms with Gasteiger partial charge >= 0.3 is 6.18 Å².